The summed E-state index contributed by atoms with van der Waals surface area (Å²) in [6.07, 6.45) is 0. The van der Waals surface area contributed by atoms with E-state index in [1.54, 1.807) is 12.1 Å². The van der Waals surface area contributed by atoms with E-state index in [0.717, 1.165) is 10.7 Å². The van der Waals surface area contributed by atoms with Crippen LogP contribution in [0.5, 0.6) is 0 Å². The Kier molecular flexibility index (Phi) is 3.89. The fourth-order valence-corrected chi connectivity index (χ4v) is 2.96. The molecule has 0 spiro atoms. The van der Waals surface area contributed by atoms with Crippen molar-refractivity contribution in [3.63, 3.8) is 0 Å². The van der Waals surface area contributed by atoms with Crippen LogP contribution in [0.25, 0.3) is 0 Å². The average Bonchev–Trinajstić information content (AvgIpc) is 2.91. The monoisotopic (exact) mass is 317 g/mol. The molecule has 22 heavy (non-hydrogen) atoms. The smallest absolute Gasteiger partial charge is 0.270 e. The Bertz CT molecular complexity index is 741. The molecule has 2 N–H and O–H groups in total. The van der Waals surface area contributed by atoms with Crippen molar-refractivity contribution in [2.24, 2.45) is 0 Å². The Hall–Kier alpha value is -2.28. The van der Waals surface area contributed by atoms with Gasteiger partial charge in [0.25, 0.3) is 5.91 Å². The highest BCUT2D eigenvalue weighted by Gasteiger charge is 2.24. The van der Waals surface area contributed by atoms with Crippen molar-refractivity contribution in [2.45, 2.75) is 30.5 Å². The normalized spacial score (nSPS) is 16.8. The van der Waals surface area contributed by atoms with Crippen LogP contribution in [-0.4, -0.2) is 22.0 Å². The van der Waals surface area contributed by atoms with Gasteiger partial charge in [0.05, 0.1) is 16.7 Å². The molecule has 1 aliphatic rings. The second-order valence-corrected chi connectivity index (χ2v) is 6.37. The highest BCUT2D eigenvalue weighted by molar-refractivity contribution is 8.00. The number of rotatable bonds is 3. The van der Waals surface area contributed by atoms with Crippen molar-refractivity contribution in [3.05, 3.63) is 41.5 Å². The van der Waals surface area contributed by atoms with Crippen molar-refractivity contribution in [2.75, 3.05) is 5.32 Å². The number of hydrogen-bond donors (Lipinski definition) is 2. The van der Waals surface area contributed by atoms with E-state index in [4.69, 9.17) is 4.42 Å². The zero-order valence-corrected chi connectivity index (χ0v) is 13.0. The fourth-order valence-electron chi connectivity index (χ4n) is 2.06. The number of aromatic nitrogens is 1. The van der Waals surface area contributed by atoms with E-state index in [1.165, 1.54) is 11.8 Å². The number of anilines is 1. The first-order valence-electron chi connectivity index (χ1n) is 6.85. The standard InChI is InChI=1S/C15H15N3O3S/c1-8-3-4-10(21-8)7-16-15(20)11-5-6-12-13(17-11)18-14(19)9(2)22-12/h3-6,9H,7H2,1-2H3,(H,16,20)(H,17,18,19). The SMILES string of the molecule is Cc1ccc(CNC(=O)c2ccc3c(n2)NC(=O)C(C)S3)o1. The molecule has 2 aromatic rings. The molecule has 1 aliphatic heterocycles. The van der Waals surface area contributed by atoms with Crippen molar-refractivity contribution in [1.29, 1.82) is 0 Å². The molecule has 114 valence electrons. The largest absolute Gasteiger partial charge is 0.465 e. The molecule has 0 fully saturated rings. The maximum absolute atomic E-state index is 12.1. The van der Waals surface area contributed by atoms with Gasteiger partial charge in [0, 0.05) is 0 Å². The topological polar surface area (TPSA) is 84.2 Å². The van der Waals surface area contributed by atoms with Crippen LogP contribution in [-0.2, 0) is 11.3 Å². The number of nitrogens with one attached hydrogen (secondary N) is 2. The third-order valence-corrected chi connectivity index (χ3v) is 4.38. The Labute approximate surface area is 131 Å². The minimum Gasteiger partial charge on any atom is -0.465 e. The molecule has 0 aliphatic carbocycles. The second kappa shape index (κ2) is 5.84. The van der Waals surface area contributed by atoms with E-state index in [9.17, 15) is 9.59 Å². The Morgan fingerprint density at radius 2 is 2.23 bits per heavy atom. The van der Waals surface area contributed by atoms with Crippen LogP contribution < -0.4 is 10.6 Å². The van der Waals surface area contributed by atoms with E-state index < -0.39 is 0 Å². The molecule has 0 bridgehead atoms. The Morgan fingerprint density at radius 3 is 2.95 bits per heavy atom. The lowest BCUT2D eigenvalue weighted by atomic mass is 10.3. The lowest BCUT2D eigenvalue weighted by molar-refractivity contribution is -0.115. The summed E-state index contributed by atoms with van der Waals surface area (Å²) >= 11 is 1.43. The minimum absolute atomic E-state index is 0.103. The van der Waals surface area contributed by atoms with Gasteiger partial charge >= 0.3 is 0 Å². The summed E-state index contributed by atoms with van der Waals surface area (Å²) in [5, 5.41) is 5.30. The molecule has 1 atom stereocenters. The molecule has 2 aromatic heterocycles. The molecule has 3 rings (SSSR count). The van der Waals surface area contributed by atoms with Gasteiger partial charge in [-0.25, -0.2) is 4.98 Å². The number of hydrogen-bond acceptors (Lipinski definition) is 5. The van der Waals surface area contributed by atoms with Gasteiger partial charge in [-0.3, -0.25) is 9.59 Å². The molecule has 1 unspecified atom stereocenters. The summed E-state index contributed by atoms with van der Waals surface area (Å²) < 4.78 is 5.39. The third-order valence-electron chi connectivity index (χ3n) is 3.22. The van der Waals surface area contributed by atoms with Gasteiger partial charge in [-0.15, -0.1) is 11.8 Å². The van der Waals surface area contributed by atoms with Gasteiger partial charge in [-0.05, 0) is 38.1 Å². The van der Waals surface area contributed by atoms with Gasteiger partial charge < -0.3 is 15.1 Å². The van der Waals surface area contributed by atoms with Crippen LogP contribution in [0.1, 0.15) is 28.9 Å². The first kappa shape index (κ1) is 14.6. The van der Waals surface area contributed by atoms with Crippen molar-refractivity contribution in [3.8, 4) is 0 Å². The second-order valence-electron chi connectivity index (χ2n) is 4.99. The highest BCUT2D eigenvalue weighted by Crippen LogP contribution is 2.34. The predicted molar refractivity (Wildman–Crippen MR) is 82.8 cm³/mol. The number of furan rings is 1. The summed E-state index contributed by atoms with van der Waals surface area (Å²) in [6, 6.07) is 7.11. The maximum Gasteiger partial charge on any atom is 0.270 e. The minimum atomic E-state index is -0.310. The Morgan fingerprint density at radius 1 is 1.41 bits per heavy atom. The van der Waals surface area contributed by atoms with Crippen LogP contribution in [0.15, 0.2) is 33.6 Å². The molecule has 2 amide bonds. The summed E-state index contributed by atoms with van der Waals surface area (Å²) in [5.41, 5.74) is 0.262. The van der Waals surface area contributed by atoms with Crippen LogP contribution in [0, 0.1) is 6.92 Å². The molecule has 0 saturated carbocycles. The van der Waals surface area contributed by atoms with Gasteiger partial charge in [-0.1, -0.05) is 0 Å². The van der Waals surface area contributed by atoms with Crippen molar-refractivity contribution >= 4 is 29.4 Å². The predicted octanol–water partition coefficient (Wildman–Crippen LogP) is 2.35. The van der Waals surface area contributed by atoms with Gasteiger partial charge in [0.15, 0.2) is 0 Å². The fraction of sp³-hybridized carbons (Fsp3) is 0.267. The Balaban J connectivity index is 1.71. The first-order chi connectivity index (χ1) is 10.5. The number of carbonyl (C=O) groups is 2. The van der Waals surface area contributed by atoms with E-state index in [2.05, 4.69) is 15.6 Å². The van der Waals surface area contributed by atoms with E-state index in [1.807, 2.05) is 26.0 Å². The summed E-state index contributed by atoms with van der Waals surface area (Å²) in [4.78, 5) is 28.9. The van der Waals surface area contributed by atoms with Crippen LogP contribution in [0.3, 0.4) is 0 Å². The zero-order chi connectivity index (χ0) is 15.7. The van der Waals surface area contributed by atoms with Crippen LogP contribution in [0.4, 0.5) is 5.82 Å². The number of thioether (sulfide) groups is 1. The molecule has 0 aromatic carbocycles. The molecule has 0 radical (unpaired) electrons. The lowest BCUT2D eigenvalue weighted by Gasteiger charge is -2.20. The van der Waals surface area contributed by atoms with E-state index >= 15 is 0 Å². The zero-order valence-electron chi connectivity index (χ0n) is 12.2. The molecular formula is C15H15N3O3S. The first-order valence-corrected chi connectivity index (χ1v) is 7.73. The molecule has 7 heteroatoms. The number of aryl methyl sites for hydroxylation is 1. The van der Waals surface area contributed by atoms with Gasteiger partial charge in [-0.2, -0.15) is 0 Å². The van der Waals surface area contributed by atoms with Gasteiger partial charge in [0.2, 0.25) is 5.91 Å². The van der Waals surface area contributed by atoms with Crippen LogP contribution in [0.2, 0.25) is 0 Å². The maximum atomic E-state index is 12.1. The number of fused-ring (bicyclic) bond motifs is 1. The highest BCUT2D eigenvalue weighted by atomic mass is 32.2. The molecule has 6 nitrogen and oxygen atoms in total. The molecule has 3 heterocycles. The van der Waals surface area contributed by atoms with Crippen LogP contribution >= 0.6 is 11.8 Å². The van der Waals surface area contributed by atoms with E-state index in [-0.39, 0.29) is 22.8 Å². The van der Waals surface area contributed by atoms with Crippen molar-refractivity contribution < 1.29 is 14.0 Å². The summed E-state index contributed by atoms with van der Waals surface area (Å²) in [5.74, 6) is 1.50. The van der Waals surface area contributed by atoms with Crippen molar-refractivity contribution in [1.82, 2.24) is 10.3 Å². The summed E-state index contributed by atoms with van der Waals surface area (Å²) in [6.45, 7) is 3.97. The average molecular weight is 317 g/mol. The van der Waals surface area contributed by atoms with E-state index in [0.29, 0.717) is 18.1 Å². The molecule has 0 saturated heterocycles. The number of pyridine rings is 1. The third kappa shape index (κ3) is 2.99. The number of amides is 2. The lowest BCUT2D eigenvalue weighted by Crippen LogP contribution is -2.29. The molecular weight excluding hydrogens is 302 g/mol. The summed E-state index contributed by atoms with van der Waals surface area (Å²) in [7, 11) is 0. The number of carbonyl (C=O) groups excluding carboxylic acids is 2. The number of nitrogens with zero attached hydrogens (tertiary/aromatic N) is 1. The quantitative estimate of drug-likeness (QED) is 0.908. The van der Waals surface area contributed by atoms with Gasteiger partial charge in [0.1, 0.15) is 23.0 Å².